The number of benzene rings is 5. The van der Waals surface area contributed by atoms with Crippen molar-refractivity contribution in [2.24, 2.45) is 16.2 Å². The number of aromatic nitrogens is 1. The number of sulfone groups is 1. The molecule has 1 aromatic heterocycles. The smallest absolute Gasteiger partial charge is 0.391 e. The summed E-state index contributed by atoms with van der Waals surface area (Å²) >= 11 is 9.44. The molecular weight excluding hydrogens is 1600 g/mol. The fourth-order valence-electron chi connectivity index (χ4n) is 17.3. The van der Waals surface area contributed by atoms with Crippen LogP contribution in [0.3, 0.4) is 0 Å². The van der Waals surface area contributed by atoms with E-state index in [9.17, 15) is 59.1 Å². The van der Waals surface area contributed by atoms with E-state index in [0.717, 1.165) is 161 Å². The van der Waals surface area contributed by atoms with Gasteiger partial charge in [-0.3, -0.25) is 33.8 Å². The number of piperazine rings is 1. The highest BCUT2D eigenvalue weighted by molar-refractivity contribution is 7.99. The molecule has 5 amide bonds. The summed E-state index contributed by atoms with van der Waals surface area (Å²) in [7, 11) is -11.0. The van der Waals surface area contributed by atoms with Gasteiger partial charge in [0.25, 0.3) is 25.8 Å². The number of alkyl halides is 3. The van der Waals surface area contributed by atoms with Gasteiger partial charge in [0, 0.05) is 131 Å². The number of nitrogens with zero attached hydrogens (tertiary/aromatic N) is 7. The number of unbranched alkanes of at least 4 members (excludes halogenated alkanes) is 3. The Balaban J connectivity index is 0.571. The van der Waals surface area contributed by atoms with Crippen molar-refractivity contribution in [3.63, 3.8) is 0 Å². The lowest BCUT2D eigenvalue weighted by Gasteiger charge is -2.49. The van der Waals surface area contributed by atoms with Crippen LogP contribution in [-0.4, -0.2) is 221 Å². The zero-order chi connectivity index (χ0) is 83.5. The molecule has 22 nitrogen and oxygen atoms in total. The number of halogens is 4. The van der Waals surface area contributed by atoms with Crippen LogP contribution >= 0.6 is 34.7 Å². The minimum absolute atomic E-state index is 0.0110. The van der Waals surface area contributed by atoms with Crippen LogP contribution < -0.4 is 25.6 Å². The molecule has 1 spiro atoms. The summed E-state index contributed by atoms with van der Waals surface area (Å²) in [6, 6.07) is 31.6. The van der Waals surface area contributed by atoms with Gasteiger partial charge < -0.3 is 45.4 Å². The molecule has 12 rings (SSSR count). The highest BCUT2D eigenvalue weighted by Crippen LogP contribution is 2.47. The first-order valence-electron chi connectivity index (χ1n) is 41.1. The number of morpholine rings is 1. The number of thioether (sulfide) groups is 1. The molecule has 6 aliphatic rings. The summed E-state index contributed by atoms with van der Waals surface area (Å²) in [4.78, 5) is 86.2. The summed E-state index contributed by atoms with van der Waals surface area (Å²) < 4.78 is 105. The van der Waals surface area contributed by atoms with Crippen LogP contribution in [0, 0.1) is 23.2 Å². The van der Waals surface area contributed by atoms with Crippen molar-refractivity contribution in [2.45, 2.75) is 188 Å². The Morgan fingerprint density at radius 2 is 1.41 bits per heavy atom. The number of piperidine rings is 2. The van der Waals surface area contributed by atoms with Gasteiger partial charge in [-0.15, -0.1) is 23.1 Å². The van der Waals surface area contributed by atoms with Gasteiger partial charge >= 0.3 is 5.51 Å². The normalized spacial score (nSPS) is 20.9. The summed E-state index contributed by atoms with van der Waals surface area (Å²) in [5, 5.41) is 20.5. The van der Waals surface area contributed by atoms with Gasteiger partial charge in [0.1, 0.15) is 17.0 Å². The molecule has 2 unspecified atom stereocenters. The molecule has 0 radical (unpaired) electrons. The molecule has 5 N–H and O–H groups in total. The minimum Gasteiger partial charge on any atom is -0.391 e. The topological polar surface area (TPSA) is 264 Å². The van der Waals surface area contributed by atoms with E-state index in [1.165, 1.54) is 45.5 Å². The van der Waals surface area contributed by atoms with Crippen LogP contribution in [0.25, 0.3) is 16.0 Å². The number of hydrogen-bond acceptors (Lipinski definition) is 19. The lowest BCUT2D eigenvalue weighted by Crippen LogP contribution is -2.57. The van der Waals surface area contributed by atoms with Crippen molar-refractivity contribution >= 4 is 101 Å². The monoisotopic (exact) mass is 1710 g/mol. The van der Waals surface area contributed by atoms with Crippen LogP contribution in [0.1, 0.15) is 164 Å². The predicted octanol–water partition coefficient (Wildman–Crippen LogP) is 13.7. The zero-order valence-corrected chi connectivity index (χ0v) is 72.0. The number of allylic oxidation sites excluding steroid dienone is 1. The van der Waals surface area contributed by atoms with E-state index in [1.54, 1.807) is 23.5 Å². The Hall–Kier alpha value is -7.45. The number of likely N-dealkylation sites (tertiary alicyclic amines) is 3. The van der Waals surface area contributed by atoms with Crippen molar-refractivity contribution in [3.05, 3.63) is 160 Å². The average molecular weight is 1710 g/mol. The molecule has 0 bridgehead atoms. The van der Waals surface area contributed by atoms with E-state index in [0.29, 0.717) is 82.0 Å². The third-order valence-corrected chi connectivity index (χ3v) is 29.6. The molecule has 6 heterocycles. The lowest BCUT2D eigenvalue weighted by atomic mass is 9.69. The summed E-state index contributed by atoms with van der Waals surface area (Å²) in [6.07, 6.45) is 10.3. The molecular formula is C87H113ClF3N11O11S4. The van der Waals surface area contributed by atoms with Crippen LogP contribution in [-0.2, 0) is 43.8 Å². The lowest BCUT2D eigenvalue weighted by molar-refractivity contribution is -0.144. The SMILES string of the molecule is Cc1ncsc1-c1ccc([C@H](C)NC(=O)[C@@H]2C[C@@H](O)CN2C(=O)[C@@H](NC(=O)CCCCCCC(=O)N2CCC3(CCN(CC4(C)CCC(c5ccc(Cl)cc5)=C(CN5CCN(c6ccc(C(=O)NS(=O)(=O)c7ccc(NC(CCN8CCOCC8)CSc8ccccc8)c(S(=O)(=O)C(F)(F)F)c7)cc6)CC5)C4)CC3)CC2)C(C)(C)C)cc1. The first-order valence-corrected chi connectivity index (χ1v) is 46.3. The molecule has 5 saturated heterocycles. The Morgan fingerprint density at radius 1 is 0.752 bits per heavy atom. The van der Waals surface area contributed by atoms with Crippen molar-refractivity contribution in [2.75, 3.05) is 121 Å². The molecule has 0 saturated carbocycles. The molecule has 5 aromatic carbocycles. The van der Waals surface area contributed by atoms with Gasteiger partial charge in [-0.25, -0.2) is 26.5 Å². The predicted molar refractivity (Wildman–Crippen MR) is 454 cm³/mol. The molecule has 5 aliphatic heterocycles. The fraction of sp³-hybridized carbons (Fsp3) is 0.540. The maximum Gasteiger partial charge on any atom is 0.501 e. The number of aryl methyl sites for hydroxylation is 1. The van der Waals surface area contributed by atoms with Crippen LogP contribution in [0.5, 0.6) is 0 Å². The Bertz CT molecular complexity index is 4680. The van der Waals surface area contributed by atoms with Gasteiger partial charge in [-0.2, -0.15) is 13.2 Å². The number of aliphatic hydroxyl groups is 1. The Morgan fingerprint density at radius 3 is 2.06 bits per heavy atom. The second-order valence-corrected chi connectivity index (χ2v) is 40.1. The summed E-state index contributed by atoms with van der Waals surface area (Å²) in [5.74, 6) is -1.54. The van der Waals surface area contributed by atoms with Crippen molar-refractivity contribution in [1.29, 1.82) is 0 Å². The second kappa shape index (κ2) is 38.9. The fourth-order valence-corrected chi connectivity index (χ4v) is 21.3. The molecule has 5 fully saturated rings. The standard InChI is InChI=1S/C87H113ClF3N11O11S4/c1-60(62-18-20-64(21-19-62)79-61(2)92-59-115-79)93-82(107)75-52-70(103)56-102(75)83(108)80(84(3,4)5)95-77(104)16-12-7-8-13-17-78(105)101-42-37-86(38-43-101)35-40-99(41-36-86)58-85(6)34-32-73(63-22-26-67(88)27-23-63)66(54-85)55-98-44-46-100(47-45-98)69-28-24-65(25-29-69)81(106)96-117(111,112)72-30-31-74(76(53-72)116(109,110)87(89,90)91)94-68(33-39-97-48-50-113-51-49-97)57-114-71-14-10-9-11-15-71/h9-11,14-15,18-31,53,59-60,68,70,75,80,94,103H,7-8,12-13,16-17,32-52,54-58H2,1-6H3,(H,93,107)(H,95,104)(H,96,106)/t60-,68?,70+,75-,80+,85?/m0/s1. The maximum absolute atomic E-state index is 14.4. The van der Waals surface area contributed by atoms with E-state index in [-0.39, 0.29) is 59.5 Å². The number of nitrogens with one attached hydrogen (secondary N) is 4. The molecule has 117 heavy (non-hydrogen) atoms. The van der Waals surface area contributed by atoms with Crippen LogP contribution in [0.4, 0.5) is 24.5 Å². The first-order chi connectivity index (χ1) is 55.7. The van der Waals surface area contributed by atoms with Crippen molar-refractivity contribution in [1.82, 2.24) is 44.8 Å². The van der Waals surface area contributed by atoms with E-state index >= 15 is 0 Å². The van der Waals surface area contributed by atoms with Crippen LogP contribution in [0.15, 0.2) is 147 Å². The number of thiazole rings is 1. The van der Waals surface area contributed by atoms with Gasteiger partial charge in [0.2, 0.25) is 23.6 Å². The highest BCUT2D eigenvalue weighted by Gasteiger charge is 2.50. The molecule has 1 aliphatic carbocycles. The van der Waals surface area contributed by atoms with Gasteiger partial charge in [0.05, 0.1) is 52.0 Å². The van der Waals surface area contributed by atoms with Crippen LogP contribution in [0.2, 0.25) is 5.02 Å². The van der Waals surface area contributed by atoms with E-state index in [2.05, 4.69) is 59.6 Å². The quantitative estimate of drug-likeness (QED) is 0.0200. The largest absolute Gasteiger partial charge is 0.501 e. The van der Waals surface area contributed by atoms with E-state index in [4.69, 9.17) is 16.3 Å². The van der Waals surface area contributed by atoms with Gasteiger partial charge in [0.15, 0.2) is 0 Å². The molecule has 634 valence electrons. The number of amides is 5. The average Bonchev–Trinajstić information content (AvgIpc) is 1.64. The highest BCUT2D eigenvalue weighted by atomic mass is 35.5. The number of anilines is 2. The third kappa shape index (κ3) is 23.2. The minimum atomic E-state index is -6.11. The molecule has 6 atom stereocenters. The van der Waals surface area contributed by atoms with Gasteiger partial charge in [-0.05, 0) is 196 Å². The molecule has 6 aromatic rings. The number of carbonyl (C=O) groups excluding carboxylic acids is 5. The number of hydrogen-bond donors (Lipinski definition) is 5. The van der Waals surface area contributed by atoms with E-state index in [1.807, 2.05) is 116 Å². The zero-order valence-electron chi connectivity index (χ0n) is 67.9. The third-order valence-electron chi connectivity index (χ3n) is 24.4. The second-order valence-electron chi connectivity index (χ2n) is 34.1. The van der Waals surface area contributed by atoms with Crippen molar-refractivity contribution < 1.29 is 63.8 Å². The summed E-state index contributed by atoms with van der Waals surface area (Å²) in [5.41, 5.74) is 2.86. The molecule has 30 heteroatoms. The number of rotatable bonds is 31. The number of carbonyl (C=O) groups is 5. The number of β-amino-alcohol motifs (C(OH)–C–C–N with tert-alkyl or cyclic N) is 1. The first kappa shape index (κ1) is 88.8. The van der Waals surface area contributed by atoms with Gasteiger partial charge in [-0.1, -0.05) is 112 Å². The van der Waals surface area contributed by atoms with Crippen molar-refractivity contribution in [3.8, 4) is 10.4 Å². The maximum atomic E-state index is 14.4. The Labute approximate surface area is 700 Å². The number of aliphatic hydroxyl groups excluding tert-OH is 1. The van der Waals surface area contributed by atoms with E-state index < -0.39 is 82.3 Å². The number of ether oxygens (including phenoxy) is 1. The Kier molecular flexibility index (Phi) is 29.6. The summed E-state index contributed by atoms with van der Waals surface area (Å²) in [6.45, 7) is 23.1. The number of sulfonamides is 1.